The van der Waals surface area contributed by atoms with Crippen molar-refractivity contribution in [3.8, 4) is 6.07 Å². The van der Waals surface area contributed by atoms with Gasteiger partial charge in [0, 0.05) is 23.8 Å². The van der Waals surface area contributed by atoms with E-state index in [0.29, 0.717) is 16.6 Å². The van der Waals surface area contributed by atoms with E-state index in [1.165, 1.54) is 12.8 Å². The van der Waals surface area contributed by atoms with Gasteiger partial charge in [-0.2, -0.15) is 5.26 Å². The van der Waals surface area contributed by atoms with Crippen LogP contribution in [0.4, 0.5) is 0 Å². The molecule has 0 aliphatic heterocycles. The van der Waals surface area contributed by atoms with E-state index in [0.717, 1.165) is 11.0 Å². The summed E-state index contributed by atoms with van der Waals surface area (Å²) in [6.45, 7) is 0. The van der Waals surface area contributed by atoms with Crippen LogP contribution in [0.3, 0.4) is 0 Å². The van der Waals surface area contributed by atoms with Crippen molar-refractivity contribution < 1.29 is 0 Å². The lowest BCUT2D eigenvalue weighted by atomic mass is 10.2. The topological polar surface area (TPSA) is 41.6 Å². The highest BCUT2D eigenvalue weighted by atomic mass is 35.5. The number of nitrogens with zero attached hydrogens (tertiary/aromatic N) is 3. The Bertz CT molecular complexity index is 575. The molecule has 0 atom stereocenters. The molecule has 2 heterocycles. The largest absolute Gasteiger partial charge is 0.328 e. The highest BCUT2D eigenvalue weighted by Gasteiger charge is 2.26. The van der Waals surface area contributed by atoms with E-state index in [-0.39, 0.29) is 0 Å². The SMILES string of the molecule is N#Cc1cn(C2CC2)c2ncc(Cl)cc12. The molecule has 3 rings (SSSR count). The van der Waals surface area contributed by atoms with Crippen LogP contribution >= 0.6 is 11.6 Å². The van der Waals surface area contributed by atoms with Crippen LogP contribution in [0.5, 0.6) is 0 Å². The molecule has 3 nitrogen and oxygen atoms in total. The second kappa shape index (κ2) is 2.98. The van der Waals surface area contributed by atoms with Crippen LogP contribution in [0.15, 0.2) is 18.5 Å². The first-order valence-corrected chi connectivity index (χ1v) is 5.23. The summed E-state index contributed by atoms with van der Waals surface area (Å²) >= 11 is 5.87. The molecule has 0 amide bonds. The fraction of sp³-hybridized carbons (Fsp3) is 0.273. The maximum absolute atomic E-state index is 9.01. The number of pyridine rings is 1. The third-order valence-electron chi connectivity index (χ3n) is 2.70. The molecule has 0 bridgehead atoms. The van der Waals surface area contributed by atoms with E-state index in [1.54, 1.807) is 12.3 Å². The molecule has 1 saturated carbocycles. The molecule has 2 aromatic rings. The van der Waals surface area contributed by atoms with Crippen molar-refractivity contribution in [3.05, 3.63) is 29.0 Å². The molecule has 0 unspecified atom stereocenters. The molecule has 4 heteroatoms. The summed E-state index contributed by atoms with van der Waals surface area (Å²) in [5.41, 5.74) is 1.53. The molecule has 74 valence electrons. The molecule has 0 N–H and O–H groups in total. The molecule has 1 aliphatic rings. The van der Waals surface area contributed by atoms with Gasteiger partial charge in [0.15, 0.2) is 0 Å². The van der Waals surface area contributed by atoms with Crippen molar-refractivity contribution >= 4 is 22.6 Å². The zero-order valence-electron chi connectivity index (χ0n) is 7.94. The minimum Gasteiger partial charge on any atom is -0.328 e. The van der Waals surface area contributed by atoms with Crippen LogP contribution < -0.4 is 0 Å². The van der Waals surface area contributed by atoms with Crippen molar-refractivity contribution in [2.24, 2.45) is 0 Å². The summed E-state index contributed by atoms with van der Waals surface area (Å²) in [5.74, 6) is 0. The second-order valence-electron chi connectivity index (χ2n) is 3.82. The summed E-state index contributed by atoms with van der Waals surface area (Å²) in [7, 11) is 0. The molecule has 0 spiro atoms. The van der Waals surface area contributed by atoms with Gasteiger partial charge < -0.3 is 4.57 Å². The number of fused-ring (bicyclic) bond motifs is 1. The first kappa shape index (κ1) is 8.75. The highest BCUT2D eigenvalue weighted by Crippen LogP contribution is 2.38. The van der Waals surface area contributed by atoms with Crippen molar-refractivity contribution in [2.75, 3.05) is 0 Å². The fourth-order valence-corrected chi connectivity index (χ4v) is 1.98. The monoisotopic (exact) mass is 217 g/mol. The van der Waals surface area contributed by atoms with E-state index in [1.807, 2.05) is 6.20 Å². The maximum Gasteiger partial charge on any atom is 0.141 e. The minimum absolute atomic E-state index is 0.531. The van der Waals surface area contributed by atoms with Crippen molar-refractivity contribution in [1.82, 2.24) is 9.55 Å². The zero-order chi connectivity index (χ0) is 10.4. The molecule has 1 aliphatic carbocycles. The Labute approximate surface area is 91.9 Å². The number of halogens is 1. The molecular formula is C11H8ClN3. The Hall–Kier alpha value is -1.53. The summed E-state index contributed by atoms with van der Waals surface area (Å²) in [5, 5.41) is 10.4. The van der Waals surface area contributed by atoms with Gasteiger partial charge in [-0.25, -0.2) is 4.98 Å². The van der Waals surface area contributed by atoms with Crippen LogP contribution in [0.2, 0.25) is 5.02 Å². The molecule has 2 aromatic heterocycles. The lowest BCUT2D eigenvalue weighted by Gasteiger charge is -1.99. The number of hydrogen-bond acceptors (Lipinski definition) is 2. The van der Waals surface area contributed by atoms with Gasteiger partial charge in [0.05, 0.1) is 10.6 Å². The van der Waals surface area contributed by atoms with Crippen LogP contribution in [-0.2, 0) is 0 Å². The number of aromatic nitrogens is 2. The third kappa shape index (κ3) is 1.30. The predicted molar refractivity (Wildman–Crippen MR) is 57.7 cm³/mol. The number of hydrogen-bond donors (Lipinski definition) is 0. The highest BCUT2D eigenvalue weighted by molar-refractivity contribution is 6.31. The number of rotatable bonds is 1. The van der Waals surface area contributed by atoms with E-state index in [4.69, 9.17) is 16.9 Å². The van der Waals surface area contributed by atoms with Gasteiger partial charge in [0.2, 0.25) is 0 Å². The molecule has 1 fully saturated rings. The molecular weight excluding hydrogens is 210 g/mol. The Balaban J connectivity index is 2.34. The average Bonchev–Trinajstić information content (AvgIpc) is 3.01. The Morgan fingerprint density at radius 3 is 3.00 bits per heavy atom. The van der Waals surface area contributed by atoms with Crippen LogP contribution in [0.1, 0.15) is 24.4 Å². The van der Waals surface area contributed by atoms with Crippen molar-refractivity contribution in [3.63, 3.8) is 0 Å². The van der Waals surface area contributed by atoms with Gasteiger partial charge >= 0.3 is 0 Å². The predicted octanol–water partition coefficient (Wildman–Crippen LogP) is 2.90. The Morgan fingerprint density at radius 1 is 1.53 bits per heavy atom. The van der Waals surface area contributed by atoms with Gasteiger partial charge in [-0.1, -0.05) is 11.6 Å². The molecule has 15 heavy (non-hydrogen) atoms. The molecule has 0 saturated heterocycles. The van der Waals surface area contributed by atoms with Crippen LogP contribution in [0, 0.1) is 11.3 Å². The summed E-state index contributed by atoms with van der Waals surface area (Å²) in [6, 6.07) is 4.52. The maximum atomic E-state index is 9.01. The lowest BCUT2D eigenvalue weighted by Crippen LogP contribution is -1.92. The minimum atomic E-state index is 0.531. The first-order valence-electron chi connectivity index (χ1n) is 4.86. The Kier molecular flexibility index (Phi) is 1.74. The summed E-state index contributed by atoms with van der Waals surface area (Å²) in [6.07, 6.45) is 5.87. The van der Waals surface area contributed by atoms with Gasteiger partial charge in [-0.3, -0.25) is 0 Å². The van der Waals surface area contributed by atoms with E-state index in [2.05, 4.69) is 15.6 Å². The zero-order valence-corrected chi connectivity index (χ0v) is 8.70. The number of nitriles is 1. The normalized spacial score (nSPS) is 15.5. The molecule has 0 radical (unpaired) electrons. The van der Waals surface area contributed by atoms with Gasteiger partial charge in [-0.15, -0.1) is 0 Å². The first-order chi connectivity index (χ1) is 7.29. The van der Waals surface area contributed by atoms with Gasteiger partial charge in [0.25, 0.3) is 0 Å². The standard InChI is InChI=1S/C11H8ClN3/c12-8-3-10-7(4-13)6-15(9-1-2-9)11(10)14-5-8/h3,5-6,9H,1-2H2. The van der Waals surface area contributed by atoms with Crippen LogP contribution in [0.25, 0.3) is 11.0 Å². The summed E-state index contributed by atoms with van der Waals surface area (Å²) < 4.78 is 2.09. The average molecular weight is 218 g/mol. The third-order valence-corrected chi connectivity index (χ3v) is 2.90. The Morgan fingerprint density at radius 2 is 2.33 bits per heavy atom. The quantitative estimate of drug-likeness (QED) is 0.737. The fourth-order valence-electron chi connectivity index (χ4n) is 1.83. The smallest absolute Gasteiger partial charge is 0.141 e. The lowest BCUT2D eigenvalue weighted by molar-refractivity contribution is 0.766. The molecule has 0 aromatic carbocycles. The summed E-state index contributed by atoms with van der Waals surface area (Å²) in [4.78, 5) is 4.29. The van der Waals surface area contributed by atoms with Gasteiger partial charge in [-0.05, 0) is 18.9 Å². The van der Waals surface area contributed by atoms with Crippen molar-refractivity contribution in [2.45, 2.75) is 18.9 Å². The van der Waals surface area contributed by atoms with E-state index < -0.39 is 0 Å². The van der Waals surface area contributed by atoms with Crippen LogP contribution in [-0.4, -0.2) is 9.55 Å². The van der Waals surface area contributed by atoms with E-state index >= 15 is 0 Å². The van der Waals surface area contributed by atoms with Gasteiger partial charge in [0.1, 0.15) is 11.7 Å². The second-order valence-corrected chi connectivity index (χ2v) is 4.25. The van der Waals surface area contributed by atoms with Crippen molar-refractivity contribution in [1.29, 1.82) is 5.26 Å². The van der Waals surface area contributed by atoms with E-state index in [9.17, 15) is 0 Å².